The minimum absolute atomic E-state index is 0.155. The van der Waals surface area contributed by atoms with E-state index in [1.807, 2.05) is 6.07 Å². The number of rotatable bonds is 3. The molecular formula is C15H19N3O3. The number of carbonyl (C=O) groups is 2. The smallest absolute Gasteiger partial charge is 0.328 e. The Morgan fingerprint density at radius 1 is 1.38 bits per heavy atom. The number of hydrogen-bond acceptors (Lipinski definition) is 5. The summed E-state index contributed by atoms with van der Waals surface area (Å²) in [6.45, 7) is 8.45. The number of pyridine rings is 1. The zero-order chi connectivity index (χ0) is 16.2. The lowest BCUT2D eigenvalue weighted by molar-refractivity contribution is -0.156. The molecule has 1 atom stereocenters. The molecule has 0 saturated carbocycles. The van der Waals surface area contributed by atoms with E-state index in [-0.39, 0.29) is 5.69 Å². The van der Waals surface area contributed by atoms with Crippen molar-refractivity contribution in [3.8, 4) is 6.07 Å². The van der Waals surface area contributed by atoms with Gasteiger partial charge < -0.3 is 10.1 Å². The Kier molecular flexibility index (Phi) is 5.03. The van der Waals surface area contributed by atoms with Gasteiger partial charge in [0.05, 0.1) is 11.3 Å². The van der Waals surface area contributed by atoms with Gasteiger partial charge in [0.15, 0.2) is 0 Å². The van der Waals surface area contributed by atoms with Gasteiger partial charge in [0.1, 0.15) is 23.4 Å². The minimum Gasteiger partial charge on any atom is -0.458 e. The Morgan fingerprint density at radius 3 is 2.48 bits per heavy atom. The molecule has 112 valence electrons. The van der Waals surface area contributed by atoms with Crippen molar-refractivity contribution in [2.75, 3.05) is 0 Å². The molecule has 0 spiro atoms. The maximum Gasteiger partial charge on any atom is 0.328 e. The molecule has 1 N–H and O–H groups in total. The van der Waals surface area contributed by atoms with Crippen molar-refractivity contribution in [3.05, 3.63) is 29.1 Å². The predicted molar refractivity (Wildman–Crippen MR) is 76.5 cm³/mol. The molecule has 0 aliphatic carbocycles. The highest BCUT2D eigenvalue weighted by Crippen LogP contribution is 2.09. The van der Waals surface area contributed by atoms with Gasteiger partial charge >= 0.3 is 5.97 Å². The Balaban J connectivity index is 2.75. The lowest BCUT2D eigenvalue weighted by Crippen LogP contribution is -2.42. The van der Waals surface area contributed by atoms with E-state index in [2.05, 4.69) is 10.3 Å². The molecule has 0 bridgehead atoms. The molecule has 6 nitrogen and oxygen atoms in total. The van der Waals surface area contributed by atoms with Crippen molar-refractivity contribution in [3.63, 3.8) is 0 Å². The van der Waals surface area contributed by atoms with Gasteiger partial charge in [-0.3, -0.25) is 4.79 Å². The van der Waals surface area contributed by atoms with E-state index in [9.17, 15) is 9.59 Å². The fourth-order valence-corrected chi connectivity index (χ4v) is 1.53. The van der Waals surface area contributed by atoms with Gasteiger partial charge in [0, 0.05) is 0 Å². The number of carbonyl (C=O) groups excluding carboxylic acids is 2. The Bertz CT molecular complexity index is 597. The monoisotopic (exact) mass is 289 g/mol. The lowest BCUT2D eigenvalue weighted by Gasteiger charge is -2.22. The Hall–Kier alpha value is -2.42. The second-order valence-corrected chi connectivity index (χ2v) is 5.67. The van der Waals surface area contributed by atoms with Gasteiger partial charge in [-0.05, 0) is 46.8 Å². The molecule has 0 aliphatic rings. The van der Waals surface area contributed by atoms with E-state index in [1.54, 1.807) is 34.6 Å². The first-order chi connectivity index (χ1) is 9.64. The summed E-state index contributed by atoms with van der Waals surface area (Å²) >= 11 is 0. The third kappa shape index (κ3) is 4.88. The summed E-state index contributed by atoms with van der Waals surface area (Å²) in [5, 5.41) is 11.3. The highest BCUT2D eigenvalue weighted by Gasteiger charge is 2.23. The van der Waals surface area contributed by atoms with Crippen LogP contribution in [0.25, 0.3) is 0 Å². The summed E-state index contributed by atoms with van der Waals surface area (Å²) in [6, 6.07) is 4.17. The Morgan fingerprint density at radius 2 is 2.00 bits per heavy atom. The number of ether oxygens (including phenoxy) is 1. The molecule has 1 rings (SSSR count). The molecule has 0 aromatic carbocycles. The molecular weight excluding hydrogens is 270 g/mol. The highest BCUT2D eigenvalue weighted by molar-refractivity contribution is 5.95. The van der Waals surface area contributed by atoms with Gasteiger partial charge in [-0.2, -0.15) is 5.26 Å². The van der Waals surface area contributed by atoms with E-state index >= 15 is 0 Å². The van der Waals surface area contributed by atoms with Crippen molar-refractivity contribution in [2.24, 2.45) is 0 Å². The Labute approximate surface area is 124 Å². The largest absolute Gasteiger partial charge is 0.458 e. The summed E-state index contributed by atoms with van der Waals surface area (Å²) in [4.78, 5) is 27.8. The molecule has 21 heavy (non-hydrogen) atoms. The van der Waals surface area contributed by atoms with Crippen LogP contribution in [0.2, 0.25) is 0 Å². The van der Waals surface area contributed by atoms with Gasteiger partial charge in [-0.15, -0.1) is 0 Å². The maximum absolute atomic E-state index is 12.0. The first kappa shape index (κ1) is 16.6. The van der Waals surface area contributed by atoms with E-state index in [0.717, 1.165) is 0 Å². The number of nitriles is 1. The van der Waals surface area contributed by atoms with Crippen molar-refractivity contribution in [2.45, 2.75) is 46.3 Å². The molecule has 0 saturated heterocycles. The number of nitrogens with one attached hydrogen (secondary N) is 1. The summed E-state index contributed by atoms with van der Waals surface area (Å²) in [7, 11) is 0. The average molecular weight is 289 g/mol. The topological polar surface area (TPSA) is 92.1 Å². The predicted octanol–water partition coefficient (Wildman–Crippen LogP) is 1.72. The summed E-state index contributed by atoms with van der Waals surface area (Å²) < 4.78 is 5.18. The highest BCUT2D eigenvalue weighted by atomic mass is 16.6. The van der Waals surface area contributed by atoms with E-state index < -0.39 is 23.5 Å². The van der Waals surface area contributed by atoms with Crippen LogP contribution in [0.1, 0.15) is 49.4 Å². The van der Waals surface area contributed by atoms with Crippen molar-refractivity contribution in [1.82, 2.24) is 10.3 Å². The van der Waals surface area contributed by atoms with Gasteiger partial charge in [-0.1, -0.05) is 0 Å². The van der Waals surface area contributed by atoms with Crippen LogP contribution in [0.15, 0.2) is 12.1 Å². The zero-order valence-electron chi connectivity index (χ0n) is 12.9. The number of aromatic nitrogens is 1. The molecule has 1 aromatic heterocycles. The number of nitrogens with zero attached hydrogens (tertiary/aromatic N) is 2. The van der Waals surface area contributed by atoms with Crippen LogP contribution in [-0.4, -0.2) is 28.5 Å². The quantitative estimate of drug-likeness (QED) is 0.855. The second kappa shape index (κ2) is 6.35. The summed E-state index contributed by atoms with van der Waals surface area (Å²) in [6.07, 6.45) is 0. The normalized spacial score (nSPS) is 12.2. The molecule has 6 heteroatoms. The standard InChI is InChI=1S/C15H19N3O3/c1-9-11(8-16)6-7-12(17-9)13(19)18-10(2)14(20)21-15(3,4)5/h6-7,10H,1-5H3,(H,18,19)/t10-/m0/s1. The average Bonchev–Trinajstić information content (AvgIpc) is 2.36. The summed E-state index contributed by atoms with van der Waals surface area (Å²) in [5.41, 5.74) is 0.419. The van der Waals surface area contributed by atoms with E-state index in [0.29, 0.717) is 11.3 Å². The first-order valence-corrected chi connectivity index (χ1v) is 6.55. The number of hydrogen-bond donors (Lipinski definition) is 1. The van der Waals surface area contributed by atoms with Crippen LogP contribution in [0.5, 0.6) is 0 Å². The van der Waals surface area contributed by atoms with Crippen LogP contribution in [0, 0.1) is 18.3 Å². The van der Waals surface area contributed by atoms with Crippen LogP contribution >= 0.6 is 0 Å². The zero-order valence-corrected chi connectivity index (χ0v) is 12.9. The van der Waals surface area contributed by atoms with Gasteiger partial charge in [0.2, 0.25) is 0 Å². The molecule has 0 fully saturated rings. The lowest BCUT2D eigenvalue weighted by atomic mass is 10.2. The van der Waals surface area contributed by atoms with Gasteiger partial charge in [0.25, 0.3) is 5.91 Å². The fraction of sp³-hybridized carbons (Fsp3) is 0.467. The SMILES string of the molecule is Cc1nc(C(=O)N[C@@H](C)C(=O)OC(C)(C)C)ccc1C#N. The molecule has 0 radical (unpaired) electrons. The molecule has 0 aliphatic heterocycles. The molecule has 0 unspecified atom stereocenters. The van der Waals surface area contributed by atoms with E-state index in [4.69, 9.17) is 10.00 Å². The number of amides is 1. The molecule has 1 aromatic rings. The van der Waals surface area contributed by atoms with Gasteiger partial charge in [-0.25, -0.2) is 9.78 Å². The molecule has 1 amide bonds. The second-order valence-electron chi connectivity index (χ2n) is 5.67. The van der Waals surface area contributed by atoms with E-state index in [1.165, 1.54) is 12.1 Å². The fourth-order valence-electron chi connectivity index (χ4n) is 1.53. The van der Waals surface area contributed by atoms with Crippen LogP contribution < -0.4 is 5.32 Å². The van der Waals surface area contributed by atoms with Crippen molar-refractivity contribution in [1.29, 1.82) is 5.26 Å². The van der Waals surface area contributed by atoms with Crippen LogP contribution in [0.4, 0.5) is 0 Å². The first-order valence-electron chi connectivity index (χ1n) is 6.55. The third-order valence-corrected chi connectivity index (χ3v) is 2.55. The number of aryl methyl sites for hydroxylation is 1. The van der Waals surface area contributed by atoms with Crippen LogP contribution in [-0.2, 0) is 9.53 Å². The molecule has 1 heterocycles. The van der Waals surface area contributed by atoms with Crippen molar-refractivity contribution < 1.29 is 14.3 Å². The maximum atomic E-state index is 12.0. The van der Waals surface area contributed by atoms with Crippen LogP contribution in [0.3, 0.4) is 0 Å². The minimum atomic E-state index is -0.783. The number of esters is 1. The summed E-state index contributed by atoms with van der Waals surface area (Å²) in [5.74, 6) is -0.998. The van der Waals surface area contributed by atoms with Crippen molar-refractivity contribution >= 4 is 11.9 Å². The third-order valence-electron chi connectivity index (χ3n) is 2.55.